The molecule has 0 spiro atoms. The summed E-state index contributed by atoms with van der Waals surface area (Å²) >= 11 is 0. The van der Waals surface area contributed by atoms with Crippen LogP contribution in [0.3, 0.4) is 0 Å². The molecule has 2 heterocycles. The minimum Gasteiger partial charge on any atom is -0.357 e. The second-order valence-electron chi connectivity index (χ2n) is 9.29. The number of alkyl halides is 6. The average molecular weight is 507 g/mol. The number of halogens is 6. The monoisotopic (exact) mass is 507 g/mol. The summed E-state index contributed by atoms with van der Waals surface area (Å²) < 4.78 is 76.0. The zero-order valence-corrected chi connectivity index (χ0v) is 19.0. The molecule has 2 aromatic heterocycles. The fourth-order valence-electron chi connectivity index (χ4n) is 5.15. The number of aromatic nitrogens is 2. The number of Topliss-reactive ketones (excluding diaryl/α,β-unsaturated/α-hetero) is 1. The van der Waals surface area contributed by atoms with E-state index >= 15 is 0 Å². The highest BCUT2D eigenvalue weighted by Gasteiger charge is 2.33. The number of nitrogens with one attached hydrogen (secondary N) is 2. The topological polar surface area (TPSA) is 74.7 Å². The molecule has 4 N–H and O–H groups in total. The Bertz CT molecular complexity index is 1460. The Balaban J connectivity index is 0.000000148. The first-order valence-electron chi connectivity index (χ1n) is 11.7. The Hall–Kier alpha value is -3.27. The van der Waals surface area contributed by atoms with Crippen LogP contribution in [0.4, 0.5) is 26.3 Å². The Kier molecular flexibility index (Phi) is 5.89. The minimum absolute atomic E-state index is 0.0130. The molecule has 190 valence electrons. The van der Waals surface area contributed by atoms with Crippen LogP contribution in [0.1, 0.15) is 70.2 Å². The molecule has 2 aliphatic carbocycles. The second-order valence-corrected chi connectivity index (χ2v) is 9.29. The second kappa shape index (κ2) is 8.69. The number of H-pyrrole nitrogens is 2. The summed E-state index contributed by atoms with van der Waals surface area (Å²) in [6.45, 7) is 0. The van der Waals surface area contributed by atoms with Gasteiger partial charge in [0, 0.05) is 40.0 Å². The molecule has 0 saturated heterocycles. The number of rotatable bonds is 0. The van der Waals surface area contributed by atoms with E-state index in [4.69, 9.17) is 5.73 Å². The van der Waals surface area contributed by atoms with Gasteiger partial charge in [-0.05, 0) is 79.6 Å². The zero-order valence-electron chi connectivity index (χ0n) is 19.0. The molecule has 0 aliphatic heterocycles. The number of aromatic amines is 2. The molecule has 2 aliphatic rings. The molecule has 0 bridgehead atoms. The first kappa shape index (κ1) is 24.4. The fraction of sp³-hybridized carbons (Fsp3) is 0.346. The van der Waals surface area contributed by atoms with E-state index in [0.717, 1.165) is 59.8 Å². The van der Waals surface area contributed by atoms with Crippen LogP contribution in [0.15, 0.2) is 36.4 Å². The number of ketones is 1. The molecule has 36 heavy (non-hydrogen) atoms. The summed E-state index contributed by atoms with van der Waals surface area (Å²) in [6, 6.07) is 7.29. The van der Waals surface area contributed by atoms with E-state index in [1.165, 1.54) is 18.2 Å². The fourth-order valence-corrected chi connectivity index (χ4v) is 5.15. The Morgan fingerprint density at radius 1 is 0.750 bits per heavy atom. The van der Waals surface area contributed by atoms with Gasteiger partial charge in [0.25, 0.3) is 0 Å². The Labute approximate surface area is 201 Å². The van der Waals surface area contributed by atoms with E-state index in [2.05, 4.69) is 9.97 Å². The smallest absolute Gasteiger partial charge is 0.357 e. The summed E-state index contributed by atoms with van der Waals surface area (Å²) in [5, 5.41) is 1.18. The van der Waals surface area contributed by atoms with E-state index in [1.54, 1.807) is 0 Å². The van der Waals surface area contributed by atoms with Gasteiger partial charge in [0.05, 0.1) is 16.8 Å². The van der Waals surface area contributed by atoms with Gasteiger partial charge in [-0.3, -0.25) is 4.79 Å². The highest BCUT2D eigenvalue weighted by atomic mass is 19.4. The molecule has 1 atom stereocenters. The van der Waals surface area contributed by atoms with Crippen molar-refractivity contribution in [2.75, 3.05) is 0 Å². The third-order valence-corrected chi connectivity index (χ3v) is 6.92. The third-order valence-electron chi connectivity index (χ3n) is 6.92. The number of benzene rings is 2. The lowest BCUT2D eigenvalue weighted by Gasteiger charge is -2.18. The van der Waals surface area contributed by atoms with Gasteiger partial charge in [-0.2, -0.15) is 26.3 Å². The van der Waals surface area contributed by atoms with Crippen LogP contribution in [0.25, 0.3) is 21.8 Å². The zero-order chi connectivity index (χ0) is 25.8. The highest BCUT2D eigenvalue weighted by Crippen LogP contribution is 2.38. The molecule has 2 aromatic carbocycles. The first-order chi connectivity index (χ1) is 16.9. The van der Waals surface area contributed by atoms with Crippen LogP contribution in [0, 0.1) is 0 Å². The van der Waals surface area contributed by atoms with Crippen molar-refractivity contribution in [2.24, 2.45) is 5.73 Å². The first-order valence-corrected chi connectivity index (χ1v) is 11.7. The average Bonchev–Trinajstić information content (AvgIpc) is 3.38. The molecular formula is C26H23F6N3O. The molecule has 0 amide bonds. The van der Waals surface area contributed by atoms with Crippen molar-refractivity contribution < 1.29 is 31.1 Å². The predicted molar refractivity (Wildman–Crippen MR) is 124 cm³/mol. The third kappa shape index (κ3) is 4.38. The molecule has 4 aromatic rings. The SMILES string of the molecule is NC1CCCc2c1[nH]c1ccc(C(F)(F)F)cc21.O=C1CCCc2c1[nH]c1ccc(C(F)(F)F)cc21. The maximum Gasteiger partial charge on any atom is 0.416 e. The number of carbonyl (C=O) groups excluding carboxylic acids is 1. The standard InChI is InChI=1S/C13H13F3N2.C13H10F3NO/c14-13(15,16)7-4-5-11-9(6-7)8-2-1-3-10(17)12(8)18-11;14-13(15,16)7-4-5-10-9(6-7)8-2-1-3-11(18)12(8)17-10/h4-6,10,18H,1-3,17H2;4-6,17H,1-3H2. The molecule has 0 saturated carbocycles. The van der Waals surface area contributed by atoms with Crippen molar-refractivity contribution >= 4 is 27.6 Å². The summed E-state index contributed by atoms with van der Waals surface area (Å²) in [6.07, 6.45) is -4.22. The largest absolute Gasteiger partial charge is 0.416 e. The van der Waals surface area contributed by atoms with Crippen molar-refractivity contribution in [1.29, 1.82) is 0 Å². The van der Waals surface area contributed by atoms with Gasteiger partial charge >= 0.3 is 12.4 Å². The van der Waals surface area contributed by atoms with Crippen LogP contribution in [-0.2, 0) is 25.2 Å². The van der Waals surface area contributed by atoms with Crippen molar-refractivity contribution in [2.45, 2.75) is 56.9 Å². The lowest BCUT2D eigenvalue weighted by atomic mass is 9.92. The van der Waals surface area contributed by atoms with E-state index in [-0.39, 0.29) is 11.8 Å². The maximum absolute atomic E-state index is 12.7. The van der Waals surface area contributed by atoms with Crippen LogP contribution in [0.2, 0.25) is 0 Å². The number of nitrogens with two attached hydrogens (primary N) is 1. The quantitative estimate of drug-likeness (QED) is 0.220. The van der Waals surface area contributed by atoms with Crippen molar-refractivity contribution in [3.63, 3.8) is 0 Å². The molecule has 10 heteroatoms. The maximum atomic E-state index is 12.7. The van der Waals surface area contributed by atoms with E-state index in [1.807, 2.05) is 0 Å². The van der Waals surface area contributed by atoms with Gasteiger partial charge in [-0.1, -0.05) is 0 Å². The Morgan fingerprint density at radius 2 is 1.31 bits per heavy atom. The number of fused-ring (bicyclic) bond motifs is 6. The van der Waals surface area contributed by atoms with Gasteiger partial charge in [-0.15, -0.1) is 0 Å². The molecule has 6 rings (SSSR count). The van der Waals surface area contributed by atoms with Crippen molar-refractivity contribution in [1.82, 2.24) is 9.97 Å². The van der Waals surface area contributed by atoms with Gasteiger partial charge < -0.3 is 15.7 Å². The van der Waals surface area contributed by atoms with Gasteiger partial charge in [0.15, 0.2) is 5.78 Å². The van der Waals surface area contributed by atoms with Crippen molar-refractivity contribution in [3.05, 3.63) is 70.0 Å². The summed E-state index contributed by atoms with van der Waals surface area (Å²) in [4.78, 5) is 17.8. The van der Waals surface area contributed by atoms with E-state index in [9.17, 15) is 31.1 Å². The normalized spacial score (nSPS) is 18.1. The number of hydrogen-bond donors (Lipinski definition) is 3. The van der Waals surface area contributed by atoms with Crippen molar-refractivity contribution in [3.8, 4) is 0 Å². The van der Waals surface area contributed by atoms with Crippen LogP contribution >= 0.6 is 0 Å². The molecule has 0 radical (unpaired) electrons. The number of aryl methyl sites for hydroxylation is 2. The van der Waals surface area contributed by atoms with Gasteiger partial charge in [-0.25, -0.2) is 0 Å². The summed E-state index contributed by atoms with van der Waals surface area (Å²) in [5.41, 5.74) is 9.11. The predicted octanol–water partition coefficient (Wildman–Crippen LogP) is 7.23. The number of carbonyl (C=O) groups is 1. The molecule has 4 nitrogen and oxygen atoms in total. The summed E-state index contributed by atoms with van der Waals surface area (Å²) in [7, 11) is 0. The molecular weight excluding hydrogens is 484 g/mol. The Morgan fingerprint density at radius 3 is 1.92 bits per heavy atom. The van der Waals surface area contributed by atoms with Gasteiger partial charge in [0.1, 0.15) is 0 Å². The van der Waals surface area contributed by atoms with E-state index in [0.29, 0.717) is 41.2 Å². The summed E-state index contributed by atoms with van der Waals surface area (Å²) in [5.74, 6) is -0.0130. The van der Waals surface area contributed by atoms with Crippen LogP contribution < -0.4 is 5.73 Å². The lowest BCUT2D eigenvalue weighted by Crippen LogP contribution is -2.16. The van der Waals surface area contributed by atoms with Crippen LogP contribution in [-0.4, -0.2) is 15.8 Å². The molecule has 1 unspecified atom stereocenters. The number of hydrogen-bond acceptors (Lipinski definition) is 2. The minimum atomic E-state index is -4.35. The highest BCUT2D eigenvalue weighted by molar-refractivity contribution is 6.03. The van der Waals surface area contributed by atoms with Crippen LogP contribution in [0.5, 0.6) is 0 Å². The molecule has 0 fully saturated rings. The van der Waals surface area contributed by atoms with E-state index < -0.39 is 23.5 Å². The van der Waals surface area contributed by atoms with Gasteiger partial charge in [0.2, 0.25) is 0 Å². The lowest BCUT2D eigenvalue weighted by molar-refractivity contribution is -0.138.